The molecule has 0 aliphatic heterocycles. The summed E-state index contributed by atoms with van der Waals surface area (Å²) in [6, 6.07) is 3.25. The van der Waals surface area contributed by atoms with Crippen LogP contribution in [0.15, 0.2) is 18.2 Å². The van der Waals surface area contributed by atoms with Crippen LogP contribution in [0.4, 0.5) is 8.78 Å². The molecule has 1 aliphatic carbocycles. The first-order valence-corrected chi connectivity index (χ1v) is 5.02. The zero-order valence-corrected chi connectivity index (χ0v) is 9.82. The van der Waals surface area contributed by atoms with Crippen molar-refractivity contribution in [3.63, 3.8) is 0 Å². The predicted octanol–water partition coefficient (Wildman–Crippen LogP) is 1.49. The number of nitrogens with one attached hydrogen (secondary N) is 1. The predicted molar refractivity (Wildman–Crippen MR) is 61.6 cm³/mol. The SMILES string of the molecule is Cl.NC1(C(=O)NCc2ccc(F)cc2F)CC1. The lowest BCUT2D eigenvalue weighted by atomic mass is 10.2. The van der Waals surface area contributed by atoms with Crippen LogP contribution in [-0.2, 0) is 11.3 Å². The van der Waals surface area contributed by atoms with Crippen LogP contribution in [0.5, 0.6) is 0 Å². The number of amides is 1. The van der Waals surface area contributed by atoms with Crippen molar-refractivity contribution in [1.29, 1.82) is 0 Å². The maximum absolute atomic E-state index is 13.2. The molecule has 1 fully saturated rings. The Bertz CT molecular complexity index is 435. The van der Waals surface area contributed by atoms with Crippen molar-refractivity contribution < 1.29 is 13.6 Å². The number of hydrogen-bond acceptors (Lipinski definition) is 2. The van der Waals surface area contributed by atoms with Crippen molar-refractivity contribution in [2.45, 2.75) is 24.9 Å². The number of carbonyl (C=O) groups is 1. The lowest BCUT2D eigenvalue weighted by molar-refractivity contribution is -0.123. The van der Waals surface area contributed by atoms with Gasteiger partial charge >= 0.3 is 0 Å². The van der Waals surface area contributed by atoms with Crippen LogP contribution in [0, 0.1) is 11.6 Å². The summed E-state index contributed by atoms with van der Waals surface area (Å²) in [5.74, 6) is -1.58. The van der Waals surface area contributed by atoms with Crippen molar-refractivity contribution in [1.82, 2.24) is 5.32 Å². The van der Waals surface area contributed by atoms with Crippen LogP contribution < -0.4 is 11.1 Å². The van der Waals surface area contributed by atoms with E-state index < -0.39 is 17.2 Å². The average Bonchev–Trinajstić information content (AvgIpc) is 2.96. The van der Waals surface area contributed by atoms with E-state index in [2.05, 4.69) is 5.32 Å². The third kappa shape index (κ3) is 3.14. The Labute approximate surface area is 104 Å². The fraction of sp³-hybridized carbons (Fsp3) is 0.364. The first-order chi connectivity index (χ1) is 7.51. The number of carbonyl (C=O) groups excluding carboxylic acids is 1. The maximum Gasteiger partial charge on any atom is 0.240 e. The van der Waals surface area contributed by atoms with Gasteiger partial charge in [-0.15, -0.1) is 12.4 Å². The molecule has 0 aromatic heterocycles. The highest BCUT2D eigenvalue weighted by Crippen LogP contribution is 2.32. The molecule has 6 heteroatoms. The topological polar surface area (TPSA) is 55.1 Å². The van der Waals surface area contributed by atoms with Crippen molar-refractivity contribution >= 4 is 18.3 Å². The van der Waals surface area contributed by atoms with Crippen LogP contribution >= 0.6 is 12.4 Å². The molecule has 0 radical (unpaired) electrons. The van der Waals surface area contributed by atoms with Gasteiger partial charge in [-0.05, 0) is 18.9 Å². The van der Waals surface area contributed by atoms with Crippen molar-refractivity contribution in [2.75, 3.05) is 0 Å². The summed E-state index contributed by atoms with van der Waals surface area (Å²) < 4.78 is 25.8. The van der Waals surface area contributed by atoms with Gasteiger partial charge in [0.05, 0.1) is 5.54 Å². The number of rotatable bonds is 3. The van der Waals surface area contributed by atoms with E-state index in [1.807, 2.05) is 0 Å². The second-order valence-electron chi connectivity index (χ2n) is 4.07. The van der Waals surface area contributed by atoms with Gasteiger partial charge < -0.3 is 11.1 Å². The molecule has 1 aliphatic rings. The van der Waals surface area contributed by atoms with E-state index in [1.54, 1.807) is 0 Å². The monoisotopic (exact) mass is 262 g/mol. The van der Waals surface area contributed by atoms with Gasteiger partial charge in [0, 0.05) is 18.2 Å². The molecule has 1 amide bonds. The molecule has 2 rings (SSSR count). The second kappa shape index (κ2) is 4.98. The molecule has 1 aromatic carbocycles. The Morgan fingerprint density at radius 2 is 2.06 bits per heavy atom. The molecule has 3 nitrogen and oxygen atoms in total. The van der Waals surface area contributed by atoms with Crippen LogP contribution in [0.2, 0.25) is 0 Å². The van der Waals surface area contributed by atoms with Crippen LogP contribution in [-0.4, -0.2) is 11.4 Å². The van der Waals surface area contributed by atoms with Gasteiger partial charge in [0.15, 0.2) is 0 Å². The summed E-state index contributed by atoms with van der Waals surface area (Å²) in [5, 5.41) is 2.54. The quantitative estimate of drug-likeness (QED) is 0.867. The molecule has 0 saturated heterocycles. The molecule has 0 heterocycles. The molecular weight excluding hydrogens is 250 g/mol. The summed E-state index contributed by atoms with van der Waals surface area (Å²) >= 11 is 0. The minimum atomic E-state index is -0.767. The standard InChI is InChI=1S/C11H12F2N2O.ClH/c12-8-2-1-7(9(13)5-8)6-15-10(16)11(14)3-4-11;/h1-2,5H,3-4,6,14H2,(H,15,16);1H. The van der Waals surface area contributed by atoms with Gasteiger partial charge in [0.25, 0.3) is 0 Å². The van der Waals surface area contributed by atoms with Gasteiger partial charge in [0.2, 0.25) is 5.91 Å². The summed E-state index contributed by atoms with van der Waals surface area (Å²) in [4.78, 5) is 11.4. The third-order valence-electron chi connectivity index (χ3n) is 2.70. The second-order valence-corrected chi connectivity index (χ2v) is 4.07. The van der Waals surface area contributed by atoms with Crippen molar-refractivity contribution in [2.24, 2.45) is 5.73 Å². The zero-order valence-electron chi connectivity index (χ0n) is 9.00. The van der Waals surface area contributed by atoms with E-state index in [0.29, 0.717) is 12.8 Å². The van der Waals surface area contributed by atoms with E-state index in [-0.39, 0.29) is 30.4 Å². The minimum Gasteiger partial charge on any atom is -0.350 e. The number of halogens is 3. The average molecular weight is 263 g/mol. The Morgan fingerprint density at radius 1 is 1.41 bits per heavy atom. The van der Waals surface area contributed by atoms with Crippen LogP contribution in [0.3, 0.4) is 0 Å². The molecule has 17 heavy (non-hydrogen) atoms. The summed E-state index contributed by atoms with van der Waals surface area (Å²) in [6.45, 7) is 0.0316. The maximum atomic E-state index is 13.2. The summed E-state index contributed by atoms with van der Waals surface area (Å²) in [6.07, 6.45) is 1.31. The highest BCUT2D eigenvalue weighted by molar-refractivity contribution is 5.88. The van der Waals surface area contributed by atoms with E-state index in [9.17, 15) is 13.6 Å². The first kappa shape index (κ1) is 13.9. The van der Waals surface area contributed by atoms with Gasteiger partial charge in [0.1, 0.15) is 11.6 Å². The molecule has 0 unspecified atom stereocenters. The Morgan fingerprint density at radius 3 is 2.59 bits per heavy atom. The zero-order chi connectivity index (χ0) is 11.8. The van der Waals surface area contributed by atoms with Crippen molar-refractivity contribution in [3.05, 3.63) is 35.4 Å². The largest absolute Gasteiger partial charge is 0.350 e. The molecular formula is C11H13ClF2N2O. The number of hydrogen-bond donors (Lipinski definition) is 2. The van der Waals surface area contributed by atoms with Gasteiger partial charge in [-0.2, -0.15) is 0 Å². The molecule has 1 aromatic rings. The summed E-state index contributed by atoms with van der Waals surface area (Å²) in [5.41, 5.74) is 5.13. The fourth-order valence-corrected chi connectivity index (χ4v) is 1.38. The Hall–Kier alpha value is -1.20. The van der Waals surface area contributed by atoms with Crippen LogP contribution in [0.1, 0.15) is 18.4 Å². The van der Waals surface area contributed by atoms with E-state index in [1.165, 1.54) is 6.07 Å². The third-order valence-corrected chi connectivity index (χ3v) is 2.70. The van der Waals surface area contributed by atoms with Crippen molar-refractivity contribution in [3.8, 4) is 0 Å². The van der Waals surface area contributed by atoms with Crippen LogP contribution in [0.25, 0.3) is 0 Å². The molecule has 0 spiro atoms. The van der Waals surface area contributed by atoms with E-state index in [4.69, 9.17) is 5.73 Å². The number of nitrogens with two attached hydrogens (primary N) is 1. The molecule has 3 N–H and O–H groups in total. The molecule has 94 valence electrons. The molecule has 0 bridgehead atoms. The molecule has 1 saturated carbocycles. The highest BCUT2D eigenvalue weighted by atomic mass is 35.5. The lowest BCUT2D eigenvalue weighted by Crippen LogP contribution is -2.42. The van der Waals surface area contributed by atoms with Gasteiger partial charge in [-0.3, -0.25) is 4.79 Å². The van der Waals surface area contributed by atoms with Gasteiger partial charge in [-0.1, -0.05) is 6.07 Å². The van der Waals surface area contributed by atoms with E-state index in [0.717, 1.165) is 12.1 Å². The Balaban J connectivity index is 0.00000144. The van der Waals surface area contributed by atoms with E-state index >= 15 is 0 Å². The highest BCUT2D eigenvalue weighted by Gasteiger charge is 2.45. The summed E-state index contributed by atoms with van der Waals surface area (Å²) in [7, 11) is 0. The fourth-order valence-electron chi connectivity index (χ4n) is 1.38. The van der Waals surface area contributed by atoms with Gasteiger partial charge in [-0.25, -0.2) is 8.78 Å². The first-order valence-electron chi connectivity index (χ1n) is 5.02. The lowest BCUT2D eigenvalue weighted by Gasteiger charge is -2.10. The normalized spacial score (nSPS) is 15.9. The smallest absolute Gasteiger partial charge is 0.240 e. The molecule has 0 atom stereocenters. The Kier molecular flexibility index (Phi) is 4.06. The minimum absolute atomic E-state index is 0. The number of benzene rings is 1.